The van der Waals surface area contributed by atoms with Crippen molar-refractivity contribution >= 4 is 45.4 Å². The molecular formula is C36H40N6O8. The number of rotatable bonds is 13. The van der Waals surface area contributed by atoms with E-state index in [1.807, 2.05) is 24.3 Å². The Bertz CT molecular complexity index is 1960. The highest BCUT2D eigenvalue weighted by Crippen LogP contribution is 2.23. The number of nitrogens with one attached hydrogen (secondary N) is 2. The Hall–Kier alpha value is -5.08. The first kappa shape index (κ1) is 34.8. The van der Waals surface area contributed by atoms with Gasteiger partial charge in [-0.1, -0.05) is 24.3 Å². The summed E-state index contributed by atoms with van der Waals surface area (Å²) in [5.41, 5.74) is 2.20. The van der Waals surface area contributed by atoms with Crippen molar-refractivity contribution in [1.82, 2.24) is 29.7 Å². The molecule has 0 spiro atoms. The standard InChI is InChI=1S/C36H40N6O8/c1-21-37-25-11-3-7-23(31(25)35(47)41(21)27-13-15-29(43)39-33(27)45)9-5-17-49-19-20-50-18-6-10-24-8-4-12-26-32(24)36(48)42(22(2)38-26)28-14-16-30(44)40-34(28)46/h3-4,7-8,11-12,27-28H,5-6,9-10,13-20H2,1-2H3,(H,39,43,45)(H,40,44,46). The summed E-state index contributed by atoms with van der Waals surface area (Å²) in [6.45, 7) is 5.10. The zero-order chi connectivity index (χ0) is 35.4. The molecule has 50 heavy (non-hydrogen) atoms. The highest BCUT2D eigenvalue weighted by atomic mass is 16.5. The molecule has 2 unspecified atom stereocenters. The molecule has 2 N–H and O–H groups in total. The second-order valence-corrected chi connectivity index (χ2v) is 12.7. The predicted octanol–water partition coefficient (Wildman–Crippen LogP) is 2.28. The monoisotopic (exact) mass is 684 g/mol. The topological polar surface area (TPSA) is 181 Å². The quantitative estimate of drug-likeness (QED) is 0.157. The summed E-state index contributed by atoms with van der Waals surface area (Å²) in [6.07, 6.45) is 3.33. The van der Waals surface area contributed by atoms with Gasteiger partial charge in [-0.3, -0.25) is 48.5 Å². The summed E-state index contributed by atoms with van der Waals surface area (Å²) in [6, 6.07) is 9.50. The van der Waals surface area contributed by atoms with Crippen LogP contribution in [0.3, 0.4) is 0 Å². The first-order valence-corrected chi connectivity index (χ1v) is 17.0. The van der Waals surface area contributed by atoms with Gasteiger partial charge in [0.15, 0.2) is 0 Å². The second-order valence-electron chi connectivity index (χ2n) is 12.7. The van der Waals surface area contributed by atoms with Gasteiger partial charge >= 0.3 is 0 Å². The lowest BCUT2D eigenvalue weighted by Gasteiger charge is -2.24. The fourth-order valence-electron chi connectivity index (χ4n) is 6.90. The van der Waals surface area contributed by atoms with E-state index in [2.05, 4.69) is 20.6 Å². The van der Waals surface area contributed by atoms with Crippen LogP contribution < -0.4 is 21.8 Å². The highest BCUT2D eigenvalue weighted by molar-refractivity contribution is 6.00. The Kier molecular flexibility index (Phi) is 10.6. The number of amides is 4. The Morgan fingerprint density at radius 1 is 0.640 bits per heavy atom. The van der Waals surface area contributed by atoms with Gasteiger partial charge in [-0.15, -0.1) is 0 Å². The van der Waals surface area contributed by atoms with Gasteiger partial charge in [0.2, 0.25) is 23.6 Å². The van der Waals surface area contributed by atoms with E-state index in [-0.39, 0.29) is 48.6 Å². The number of aryl methyl sites for hydroxylation is 4. The Morgan fingerprint density at radius 2 is 1.06 bits per heavy atom. The minimum Gasteiger partial charge on any atom is -0.379 e. The zero-order valence-electron chi connectivity index (χ0n) is 28.2. The molecule has 0 bridgehead atoms. The lowest BCUT2D eigenvalue weighted by molar-refractivity contribution is -0.137. The molecule has 2 aromatic heterocycles. The molecule has 2 saturated heterocycles. The largest absolute Gasteiger partial charge is 0.379 e. The number of ether oxygens (including phenoxy) is 2. The first-order chi connectivity index (χ1) is 24.1. The van der Waals surface area contributed by atoms with Gasteiger partial charge in [0.1, 0.15) is 23.7 Å². The van der Waals surface area contributed by atoms with Crippen LogP contribution in [0.2, 0.25) is 0 Å². The van der Waals surface area contributed by atoms with Crippen molar-refractivity contribution in [2.45, 2.75) is 77.3 Å². The normalized spacial score (nSPS) is 18.1. The number of hydrogen-bond donors (Lipinski definition) is 2. The lowest BCUT2D eigenvalue weighted by Crippen LogP contribution is -2.45. The number of fused-ring (bicyclic) bond motifs is 2. The Labute approximate surface area is 287 Å². The van der Waals surface area contributed by atoms with Crippen molar-refractivity contribution < 1.29 is 28.7 Å². The van der Waals surface area contributed by atoms with Gasteiger partial charge in [-0.05, 0) is 75.6 Å². The third-order valence-electron chi connectivity index (χ3n) is 9.27. The number of imide groups is 2. The Morgan fingerprint density at radius 3 is 1.46 bits per heavy atom. The molecule has 0 aliphatic carbocycles. The average molecular weight is 685 g/mol. The van der Waals surface area contributed by atoms with Crippen LogP contribution in [-0.4, -0.2) is 69.2 Å². The van der Waals surface area contributed by atoms with E-state index in [0.717, 1.165) is 11.1 Å². The molecule has 4 aromatic rings. The van der Waals surface area contributed by atoms with Gasteiger partial charge in [-0.25, -0.2) is 9.97 Å². The molecule has 14 nitrogen and oxygen atoms in total. The molecule has 262 valence electrons. The van der Waals surface area contributed by atoms with Gasteiger partial charge in [0.05, 0.1) is 35.0 Å². The number of piperidine rings is 2. The minimum atomic E-state index is -0.775. The number of aromatic nitrogens is 4. The van der Waals surface area contributed by atoms with Crippen molar-refractivity contribution in [3.63, 3.8) is 0 Å². The van der Waals surface area contributed by atoms with Crippen molar-refractivity contribution in [2.75, 3.05) is 26.4 Å². The first-order valence-electron chi connectivity index (χ1n) is 17.0. The van der Waals surface area contributed by atoms with E-state index in [4.69, 9.17) is 9.47 Å². The lowest BCUT2D eigenvalue weighted by atomic mass is 10.0. The fraction of sp³-hybridized carbons (Fsp3) is 0.444. The summed E-state index contributed by atoms with van der Waals surface area (Å²) in [5, 5.41) is 5.58. The molecule has 6 rings (SSSR count). The summed E-state index contributed by atoms with van der Waals surface area (Å²) in [5.74, 6) is -0.806. The highest BCUT2D eigenvalue weighted by Gasteiger charge is 2.32. The maximum absolute atomic E-state index is 13.6. The molecule has 2 atom stereocenters. The summed E-state index contributed by atoms with van der Waals surface area (Å²) < 4.78 is 14.4. The van der Waals surface area contributed by atoms with E-state index in [9.17, 15) is 28.8 Å². The molecule has 0 radical (unpaired) electrons. The smallest absolute Gasteiger partial charge is 0.262 e. The maximum Gasteiger partial charge on any atom is 0.262 e. The molecule has 2 fully saturated rings. The molecule has 4 amide bonds. The van der Waals surface area contributed by atoms with Crippen LogP contribution in [0.25, 0.3) is 21.8 Å². The average Bonchev–Trinajstić information content (AvgIpc) is 3.07. The number of hydrogen-bond acceptors (Lipinski definition) is 10. The van der Waals surface area contributed by atoms with E-state index in [0.29, 0.717) is 85.6 Å². The number of nitrogens with zero attached hydrogens (tertiary/aromatic N) is 4. The van der Waals surface area contributed by atoms with Crippen LogP contribution in [0, 0.1) is 13.8 Å². The van der Waals surface area contributed by atoms with Crippen LogP contribution in [0.5, 0.6) is 0 Å². The maximum atomic E-state index is 13.6. The summed E-state index contributed by atoms with van der Waals surface area (Å²) >= 11 is 0. The van der Waals surface area contributed by atoms with Crippen molar-refractivity contribution in [3.05, 3.63) is 79.9 Å². The summed E-state index contributed by atoms with van der Waals surface area (Å²) in [4.78, 5) is 84.7. The van der Waals surface area contributed by atoms with Crippen LogP contribution in [-0.2, 0) is 41.5 Å². The van der Waals surface area contributed by atoms with E-state index in [1.165, 1.54) is 9.13 Å². The Balaban J connectivity index is 0.978. The molecule has 2 aliphatic heterocycles. The van der Waals surface area contributed by atoms with Gasteiger partial charge in [-0.2, -0.15) is 0 Å². The molecule has 2 aromatic carbocycles. The molecular weight excluding hydrogens is 644 g/mol. The van der Waals surface area contributed by atoms with Crippen LogP contribution in [0.15, 0.2) is 46.0 Å². The minimum absolute atomic E-state index is 0.168. The summed E-state index contributed by atoms with van der Waals surface area (Å²) in [7, 11) is 0. The van der Waals surface area contributed by atoms with Crippen molar-refractivity contribution in [1.29, 1.82) is 0 Å². The number of carbonyl (C=O) groups excluding carboxylic acids is 4. The third kappa shape index (κ3) is 7.26. The fourth-order valence-corrected chi connectivity index (χ4v) is 6.90. The van der Waals surface area contributed by atoms with Crippen LogP contribution >= 0.6 is 0 Å². The van der Waals surface area contributed by atoms with E-state index in [1.54, 1.807) is 26.0 Å². The molecule has 14 heteroatoms. The van der Waals surface area contributed by atoms with Crippen LogP contribution in [0.1, 0.15) is 73.4 Å². The second kappa shape index (κ2) is 15.2. The van der Waals surface area contributed by atoms with Crippen LogP contribution in [0.4, 0.5) is 0 Å². The predicted molar refractivity (Wildman–Crippen MR) is 183 cm³/mol. The van der Waals surface area contributed by atoms with Crippen molar-refractivity contribution in [2.24, 2.45) is 0 Å². The number of benzene rings is 2. The van der Waals surface area contributed by atoms with E-state index < -0.39 is 23.9 Å². The van der Waals surface area contributed by atoms with Gasteiger partial charge in [0, 0.05) is 26.1 Å². The third-order valence-corrected chi connectivity index (χ3v) is 9.27. The SMILES string of the molecule is Cc1nc2cccc(CCCOCCOCCCc3cccc4nc(C)n(C5CCC(=O)NC5=O)c(=O)c34)c2c(=O)n1C1CCC(=O)NC1=O. The molecule has 4 heterocycles. The number of carbonyl (C=O) groups is 4. The van der Waals surface area contributed by atoms with Crippen molar-refractivity contribution in [3.8, 4) is 0 Å². The molecule has 2 aliphatic rings. The van der Waals surface area contributed by atoms with Gasteiger partial charge in [0.25, 0.3) is 11.1 Å². The van der Waals surface area contributed by atoms with Gasteiger partial charge < -0.3 is 9.47 Å². The zero-order valence-corrected chi connectivity index (χ0v) is 28.2. The van der Waals surface area contributed by atoms with E-state index >= 15 is 0 Å². The molecule has 0 saturated carbocycles.